The molecule has 134 valence electrons. The van der Waals surface area contributed by atoms with Crippen molar-refractivity contribution in [3.05, 3.63) is 49.0 Å². The molecule has 0 unspecified atom stereocenters. The molecule has 0 spiro atoms. The lowest BCUT2D eigenvalue weighted by atomic mass is 9.93. The first-order chi connectivity index (χ1) is 12.7. The zero-order valence-electron chi connectivity index (χ0n) is 14.2. The average molecular weight is 404 g/mol. The molecule has 26 heavy (non-hydrogen) atoms. The van der Waals surface area contributed by atoms with Gasteiger partial charge in [0.25, 0.3) is 5.91 Å². The first kappa shape index (κ1) is 17.5. The van der Waals surface area contributed by atoms with Gasteiger partial charge in [-0.05, 0) is 60.6 Å². The van der Waals surface area contributed by atoms with E-state index in [1.807, 2.05) is 24.4 Å². The highest BCUT2D eigenvalue weighted by molar-refractivity contribution is 7.17. The topological polar surface area (TPSA) is 72.0 Å². The number of thiophene rings is 2. The Bertz CT molecular complexity index is 957. The van der Waals surface area contributed by atoms with Crippen molar-refractivity contribution in [3.8, 4) is 0 Å². The number of rotatable bonds is 5. The van der Waals surface area contributed by atoms with Crippen molar-refractivity contribution in [2.45, 2.75) is 39.0 Å². The Balaban J connectivity index is 1.73. The first-order valence-corrected chi connectivity index (χ1v) is 11.0. The van der Waals surface area contributed by atoms with Gasteiger partial charge in [-0.1, -0.05) is 17.5 Å². The maximum Gasteiger partial charge on any atom is 0.269 e. The smallest absolute Gasteiger partial charge is 0.269 e. The molecule has 0 saturated carbocycles. The Morgan fingerprint density at radius 2 is 2.12 bits per heavy atom. The second-order valence-electron chi connectivity index (χ2n) is 6.08. The van der Waals surface area contributed by atoms with Crippen LogP contribution in [0.25, 0.3) is 0 Å². The van der Waals surface area contributed by atoms with Crippen molar-refractivity contribution in [2.24, 2.45) is 0 Å². The van der Waals surface area contributed by atoms with Crippen LogP contribution in [0.4, 0.5) is 5.00 Å². The van der Waals surface area contributed by atoms with Crippen LogP contribution >= 0.6 is 34.2 Å². The highest BCUT2D eigenvalue weighted by Gasteiger charge is 2.28. The Morgan fingerprint density at radius 1 is 1.27 bits per heavy atom. The summed E-state index contributed by atoms with van der Waals surface area (Å²) in [4.78, 5) is 28.3. The van der Waals surface area contributed by atoms with E-state index in [2.05, 4.69) is 14.9 Å². The lowest BCUT2D eigenvalue weighted by Crippen LogP contribution is -2.15. The number of ketones is 1. The van der Waals surface area contributed by atoms with E-state index >= 15 is 0 Å². The molecule has 3 heterocycles. The van der Waals surface area contributed by atoms with Gasteiger partial charge in [0.2, 0.25) is 5.78 Å². The van der Waals surface area contributed by atoms with Gasteiger partial charge in [-0.3, -0.25) is 9.59 Å². The predicted octanol–water partition coefficient (Wildman–Crippen LogP) is 4.59. The summed E-state index contributed by atoms with van der Waals surface area (Å²) in [5.41, 5.74) is 2.49. The molecule has 0 atom stereocenters. The second kappa shape index (κ2) is 7.38. The van der Waals surface area contributed by atoms with Crippen molar-refractivity contribution < 1.29 is 9.59 Å². The lowest BCUT2D eigenvalue weighted by Gasteiger charge is -2.12. The summed E-state index contributed by atoms with van der Waals surface area (Å²) in [6.45, 7) is 1.95. The van der Waals surface area contributed by atoms with E-state index in [0.717, 1.165) is 42.8 Å². The Morgan fingerprint density at radius 3 is 2.88 bits per heavy atom. The summed E-state index contributed by atoms with van der Waals surface area (Å²) in [6.07, 6.45) is 4.74. The highest BCUT2D eigenvalue weighted by atomic mass is 32.1. The van der Waals surface area contributed by atoms with Crippen LogP contribution in [0, 0.1) is 0 Å². The minimum atomic E-state index is -0.226. The molecule has 1 aliphatic rings. The van der Waals surface area contributed by atoms with Crippen LogP contribution in [0.1, 0.15) is 60.8 Å². The van der Waals surface area contributed by atoms with Crippen molar-refractivity contribution in [1.29, 1.82) is 0 Å². The van der Waals surface area contributed by atoms with Crippen molar-refractivity contribution >= 4 is 50.9 Å². The van der Waals surface area contributed by atoms with E-state index in [1.165, 1.54) is 16.2 Å². The van der Waals surface area contributed by atoms with Gasteiger partial charge in [0.05, 0.1) is 16.1 Å². The van der Waals surface area contributed by atoms with Gasteiger partial charge in [-0.2, -0.15) is 0 Å². The number of fused-ring (bicyclic) bond motifs is 1. The van der Waals surface area contributed by atoms with E-state index in [4.69, 9.17) is 0 Å². The lowest BCUT2D eigenvalue weighted by molar-refractivity contribution is 0.103. The van der Waals surface area contributed by atoms with Gasteiger partial charge < -0.3 is 5.32 Å². The van der Waals surface area contributed by atoms with Crippen LogP contribution in [0.5, 0.6) is 0 Å². The van der Waals surface area contributed by atoms with Crippen LogP contribution in [-0.4, -0.2) is 21.3 Å². The SMILES string of the molecule is CCc1nnsc1C(=O)Nc1sc2c(c1C(=O)c1cccs1)CCCC2. The molecule has 1 amide bonds. The molecule has 1 aliphatic carbocycles. The fraction of sp³-hybridized carbons (Fsp3) is 0.333. The minimum Gasteiger partial charge on any atom is -0.312 e. The van der Waals surface area contributed by atoms with Gasteiger partial charge in [0, 0.05) is 4.88 Å². The predicted molar refractivity (Wildman–Crippen MR) is 106 cm³/mol. The quantitative estimate of drug-likeness (QED) is 0.633. The second-order valence-corrected chi connectivity index (χ2v) is 8.88. The Labute approximate surface area is 163 Å². The molecule has 8 heteroatoms. The van der Waals surface area contributed by atoms with Crippen molar-refractivity contribution in [3.63, 3.8) is 0 Å². The third kappa shape index (κ3) is 3.13. The largest absolute Gasteiger partial charge is 0.312 e. The molecule has 0 bridgehead atoms. The number of amides is 1. The molecule has 4 rings (SSSR count). The molecule has 0 aromatic carbocycles. The highest BCUT2D eigenvalue weighted by Crippen LogP contribution is 2.40. The summed E-state index contributed by atoms with van der Waals surface area (Å²) in [7, 11) is 0. The third-order valence-corrected chi connectivity index (χ3v) is 7.31. The first-order valence-electron chi connectivity index (χ1n) is 8.54. The van der Waals surface area contributed by atoms with Gasteiger partial charge in [-0.15, -0.1) is 27.8 Å². The molecule has 3 aromatic heterocycles. The van der Waals surface area contributed by atoms with E-state index in [-0.39, 0.29) is 11.7 Å². The van der Waals surface area contributed by atoms with E-state index in [1.54, 1.807) is 11.3 Å². The molecular weight excluding hydrogens is 386 g/mol. The normalized spacial score (nSPS) is 13.4. The maximum absolute atomic E-state index is 13.1. The Hall–Kier alpha value is -1.90. The molecule has 0 radical (unpaired) electrons. The fourth-order valence-corrected chi connectivity index (χ4v) is 5.79. The van der Waals surface area contributed by atoms with E-state index in [0.29, 0.717) is 32.4 Å². The standard InChI is InChI=1S/C18H17N3O2S3/c1-2-11-16(26-21-20-11)17(23)19-18-14(15(22)13-8-5-9-24-13)10-6-3-4-7-12(10)25-18/h5,8-9H,2-4,6-7H2,1H3,(H,19,23). The summed E-state index contributed by atoms with van der Waals surface area (Å²) >= 11 is 4.08. The zero-order valence-corrected chi connectivity index (χ0v) is 16.7. The summed E-state index contributed by atoms with van der Waals surface area (Å²) < 4.78 is 3.89. The molecule has 1 N–H and O–H groups in total. The fourth-order valence-electron chi connectivity index (χ4n) is 3.20. The summed E-state index contributed by atoms with van der Waals surface area (Å²) in [5.74, 6) is -0.219. The summed E-state index contributed by atoms with van der Waals surface area (Å²) in [5, 5.41) is 9.55. The number of aromatic nitrogens is 2. The number of nitrogens with zero attached hydrogens (tertiary/aromatic N) is 2. The van der Waals surface area contributed by atoms with Crippen LogP contribution < -0.4 is 5.32 Å². The number of carbonyl (C=O) groups is 2. The monoisotopic (exact) mass is 403 g/mol. The van der Waals surface area contributed by atoms with Gasteiger partial charge in [-0.25, -0.2) is 0 Å². The van der Waals surface area contributed by atoms with Crippen LogP contribution in [0.3, 0.4) is 0 Å². The molecular formula is C18H17N3O2S3. The number of hydrogen-bond donors (Lipinski definition) is 1. The number of nitrogens with one attached hydrogen (secondary N) is 1. The minimum absolute atomic E-state index is 0.00726. The van der Waals surface area contributed by atoms with E-state index in [9.17, 15) is 9.59 Å². The van der Waals surface area contributed by atoms with Gasteiger partial charge >= 0.3 is 0 Å². The molecule has 0 saturated heterocycles. The average Bonchev–Trinajstić information content (AvgIpc) is 3.39. The number of carbonyl (C=O) groups excluding carboxylic acids is 2. The molecule has 0 aliphatic heterocycles. The number of hydrogen-bond acceptors (Lipinski definition) is 7. The van der Waals surface area contributed by atoms with Gasteiger partial charge in [0.1, 0.15) is 9.88 Å². The van der Waals surface area contributed by atoms with E-state index < -0.39 is 0 Å². The maximum atomic E-state index is 13.1. The van der Waals surface area contributed by atoms with Crippen LogP contribution in [0.2, 0.25) is 0 Å². The third-order valence-electron chi connectivity index (χ3n) is 4.47. The van der Waals surface area contributed by atoms with Crippen molar-refractivity contribution in [1.82, 2.24) is 9.59 Å². The zero-order chi connectivity index (χ0) is 18.1. The van der Waals surface area contributed by atoms with Gasteiger partial charge in [0.15, 0.2) is 0 Å². The molecule has 0 fully saturated rings. The van der Waals surface area contributed by atoms with Crippen molar-refractivity contribution in [2.75, 3.05) is 5.32 Å². The van der Waals surface area contributed by atoms with Crippen LogP contribution in [-0.2, 0) is 19.3 Å². The number of anilines is 1. The Kier molecular flexibility index (Phi) is 4.97. The summed E-state index contributed by atoms with van der Waals surface area (Å²) in [6, 6.07) is 3.72. The number of aryl methyl sites for hydroxylation is 2. The van der Waals surface area contributed by atoms with Crippen LogP contribution in [0.15, 0.2) is 17.5 Å². The molecule has 5 nitrogen and oxygen atoms in total. The molecule has 3 aromatic rings.